The van der Waals surface area contributed by atoms with Crippen LogP contribution < -0.4 is 20.7 Å². The summed E-state index contributed by atoms with van der Waals surface area (Å²) in [5.74, 6) is 7.91. The molecule has 0 saturated carbocycles. The Hall–Kier alpha value is -1.11. The first-order valence-electron chi connectivity index (χ1n) is 6.13. The van der Waals surface area contributed by atoms with Crippen LogP contribution in [0.2, 0.25) is 0 Å². The summed E-state index contributed by atoms with van der Waals surface area (Å²) >= 11 is 4.49. The summed E-state index contributed by atoms with van der Waals surface area (Å²) < 4.78 is 8.98. The van der Waals surface area contributed by atoms with Crippen molar-refractivity contribution in [1.82, 2.24) is 10.2 Å². The van der Waals surface area contributed by atoms with E-state index in [1.807, 2.05) is 19.1 Å². The number of nitrogens with two attached hydrogens (primary N) is 1. The number of hydrazone groups is 1. The molecule has 0 spiro atoms. The molecule has 1 aromatic carbocycles. The summed E-state index contributed by atoms with van der Waals surface area (Å²) in [6.45, 7) is 1.99. The van der Waals surface area contributed by atoms with Gasteiger partial charge in [-0.1, -0.05) is 6.92 Å². The van der Waals surface area contributed by atoms with Gasteiger partial charge in [-0.3, -0.25) is 5.84 Å². The lowest BCUT2D eigenvalue weighted by Gasteiger charge is -2.07. The molecular formula is C12H15I2N6O+. The second-order valence-electron chi connectivity index (χ2n) is 4.10. The minimum Gasteiger partial charge on any atom is -0.495 e. The molecule has 7 nitrogen and oxygen atoms in total. The summed E-state index contributed by atoms with van der Waals surface area (Å²) in [5, 5.41) is 11.1. The number of aromatic amines is 1. The van der Waals surface area contributed by atoms with Crippen LogP contribution in [0.4, 0.5) is 5.95 Å². The van der Waals surface area contributed by atoms with Gasteiger partial charge < -0.3 is 4.74 Å². The third kappa shape index (κ3) is 3.75. The van der Waals surface area contributed by atoms with E-state index in [-0.39, 0.29) is 0 Å². The maximum absolute atomic E-state index is 5.86. The zero-order valence-corrected chi connectivity index (χ0v) is 15.8. The van der Waals surface area contributed by atoms with Crippen molar-refractivity contribution >= 4 is 57.3 Å². The van der Waals surface area contributed by atoms with Crippen LogP contribution in [0, 0.1) is 7.14 Å². The van der Waals surface area contributed by atoms with Crippen LogP contribution in [0.25, 0.3) is 0 Å². The molecule has 1 heterocycles. The predicted octanol–water partition coefficient (Wildman–Crippen LogP) is 1.64. The lowest BCUT2D eigenvalue weighted by Crippen LogP contribution is -2.48. The van der Waals surface area contributed by atoms with Gasteiger partial charge in [0, 0.05) is 20.7 Å². The number of anilines is 1. The zero-order valence-electron chi connectivity index (χ0n) is 11.5. The largest absolute Gasteiger partial charge is 0.495 e. The van der Waals surface area contributed by atoms with Crippen LogP contribution in [-0.4, -0.2) is 23.5 Å². The fourth-order valence-electron chi connectivity index (χ4n) is 1.73. The minimum absolute atomic E-state index is 0.447. The molecule has 2 rings (SSSR count). The van der Waals surface area contributed by atoms with E-state index in [0.29, 0.717) is 5.95 Å². The number of benzene rings is 1. The standard InChI is InChI=1S/C12H14I2N6O/c1-3-10-17-19-12(20(10)15)18-16-6-7-4-8(13)5-9(14)11(7)21-2/h4-6H,3,15H2,1-2H3,(H,18,19)/p+1/b16-6+. The maximum atomic E-state index is 5.86. The van der Waals surface area contributed by atoms with Crippen molar-refractivity contribution in [2.24, 2.45) is 5.10 Å². The highest BCUT2D eigenvalue weighted by molar-refractivity contribution is 14.1. The highest BCUT2D eigenvalue weighted by Gasteiger charge is 2.14. The Balaban J connectivity index is 2.20. The normalized spacial score (nSPS) is 11.0. The SMILES string of the molecule is CCc1[nH]nc(N/N=C/c2cc(I)cc(I)c2OC)[n+]1N. The molecule has 0 atom stereocenters. The highest BCUT2D eigenvalue weighted by atomic mass is 127. The average Bonchev–Trinajstić information content (AvgIpc) is 2.79. The third-order valence-electron chi connectivity index (χ3n) is 2.75. The van der Waals surface area contributed by atoms with E-state index in [1.54, 1.807) is 13.3 Å². The summed E-state index contributed by atoms with van der Waals surface area (Å²) in [5.41, 5.74) is 3.70. The van der Waals surface area contributed by atoms with Crippen molar-refractivity contribution in [1.29, 1.82) is 0 Å². The van der Waals surface area contributed by atoms with Gasteiger partial charge in [-0.15, -0.1) is 9.78 Å². The monoisotopic (exact) mass is 513 g/mol. The second kappa shape index (κ2) is 7.24. The average molecular weight is 513 g/mol. The first kappa shape index (κ1) is 16.3. The van der Waals surface area contributed by atoms with Crippen molar-refractivity contribution in [2.45, 2.75) is 13.3 Å². The van der Waals surface area contributed by atoms with E-state index >= 15 is 0 Å². The van der Waals surface area contributed by atoms with Crippen LogP contribution in [0.3, 0.4) is 0 Å². The van der Waals surface area contributed by atoms with Crippen LogP contribution >= 0.6 is 45.2 Å². The molecule has 112 valence electrons. The number of aromatic nitrogens is 3. The van der Waals surface area contributed by atoms with Gasteiger partial charge >= 0.3 is 5.95 Å². The van der Waals surface area contributed by atoms with Gasteiger partial charge in [0.1, 0.15) is 5.75 Å². The van der Waals surface area contributed by atoms with Crippen molar-refractivity contribution in [3.05, 3.63) is 30.7 Å². The van der Waals surface area contributed by atoms with Crippen LogP contribution in [0.15, 0.2) is 17.2 Å². The quantitative estimate of drug-likeness (QED) is 0.187. The van der Waals surface area contributed by atoms with E-state index in [1.165, 1.54) is 4.68 Å². The lowest BCUT2D eigenvalue weighted by atomic mass is 10.2. The molecule has 0 unspecified atom stereocenters. The molecule has 0 saturated heterocycles. The molecule has 0 fully saturated rings. The molecule has 21 heavy (non-hydrogen) atoms. The molecule has 0 bridgehead atoms. The van der Waals surface area contributed by atoms with E-state index in [4.69, 9.17) is 10.6 Å². The number of ether oxygens (including phenoxy) is 1. The van der Waals surface area contributed by atoms with Gasteiger partial charge in [-0.2, -0.15) is 10.5 Å². The third-order valence-corrected chi connectivity index (χ3v) is 4.18. The molecule has 0 radical (unpaired) electrons. The molecule has 0 aliphatic carbocycles. The van der Waals surface area contributed by atoms with Crippen molar-refractivity contribution in [3.63, 3.8) is 0 Å². The Kier molecular flexibility index (Phi) is 5.61. The maximum Gasteiger partial charge on any atom is 0.421 e. The van der Waals surface area contributed by atoms with Gasteiger partial charge in [0.25, 0.3) is 0 Å². The van der Waals surface area contributed by atoms with Crippen molar-refractivity contribution < 1.29 is 9.41 Å². The number of halogens is 2. The summed E-state index contributed by atoms with van der Waals surface area (Å²) in [4.78, 5) is 0. The van der Waals surface area contributed by atoms with Gasteiger partial charge in [0.05, 0.1) is 16.9 Å². The van der Waals surface area contributed by atoms with Crippen molar-refractivity contribution in [3.8, 4) is 5.75 Å². The van der Waals surface area contributed by atoms with Crippen LogP contribution in [0.5, 0.6) is 5.75 Å². The molecule has 0 aliphatic rings. The number of hydrogen-bond acceptors (Lipinski definition) is 5. The second-order valence-corrected chi connectivity index (χ2v) is 6.51. The minimum atomic E-state index is 0.447. The number of nitrogens with one attached hydrogen (secondary N) is 2. The van der Waals surface area contributed by atoms with Crippen LogP contribution in [-0.2, 0) is 6.42 Å². The van der Waals surface area contributed by atoms with Gasteiger partial charge in [0.15, 0.2) is 0 Å². The molecule has 0 aliphatic heterocycles. The fraction of sp³-hybridized carbons (Fsp3) is 0.250. The topological polar surface area (TPSA) is 92.2 Å². The van der Waals surface area contributed by atoms with E-state index in [0.717, 1.165) is 30.7 Å². The molecule has 2 aromatic rings. The summed E-state index contributed by atoms with van der Waals surface area (Å²) in [6.07, 6.45) is 2.45. The molecular weight excluding hydrogens is 498 g/mol. The smallest absolute Gasteiger partial charge is 0.421 e. The number of methoxy groups -OCH3 is 1. The number of nitrogens with zero attached hydrogens (tertiary/aromatic N) is 3. The first-order chi connectivity index (χ1) is 10.1. The van der Waals surface area contributed by atoms with E-state index < -0.39 is 0 Å². The fourth-order valence-corrected chi connectivity index (χ4v) is 3.84. The number of aryl methyl sites for hydroxylation is 1. The Morgan fingerprint density at radius 1 is 1.52 bits per heavy atom. The number of nitrogen functional groups attached to an aromatic ring is 1. The molecule has 0 amide bonds. The van der Waals surface area contributed by atoms with E-state index in [9.17, 15) is 0 Å². The van der Waals surface area contributed by atoms with Crippen LogP contribution in [0.1, 0.15) is 18.3 Å². The Morgan fingerprint density at radius 3 is 2.90 bits per heavy atom. The Bertz CT molecular complexity index is 670. The number of H-pyrrole nitrogens is 1. The zero-order chi connectivity index (χ0) is 15.4. The summed E-state index contributed by atoms with van der Waals surface area (Å²) in [7, 11) is 1.64. The van der Waals surface area contributed by atoms with Crippen molar-refractivity contribution in [2.75, 3.05) is 18.4 Å². The Labute approximate surface area is 149 Å². The predicted molar refractivity (Wildman–Crippen MR) is 98.0 cm³/mol. The highest BCUT2D eigenvalue weighted by Crippen LogP contribution is 2.26. The summed E-state index contributed by atoms with van der Waals surface area (Å²) in [6, 6.07) is 4.03. The molecule has 4 N–H and O–H groups in total. The number of rotatable bonds is 5. The van der Waals surface area contributed by atoms with Gasteiger partial charge in [-0.25, -0.2) is 0 Å². The van der Waals surface area contributed by atoms with E-state index in [2.05, 4.69) is 65.9 Å². The number of hydrogen-bond donors (Lipinski definition) is 3. The lowest BCUT2D eigenvalue weighted by molar-refractivity contribution is -0.632. The van der Waals surface area contributed by atoms with Gasteiger partial charge in [0.2, 0.25) is 5.82 Å². The first-order valence-corrected chi connectivity index (χ1v) is 8.29. The molecule has 9 heteroatoms. The Morgan fingerprint density at radius 2 is 2.29 bits per heavy atom. The molecule has 1 aromatic heterocycles. The van der Waals surface area contributed by atoms with Gasteiger partial charge in [-0.05, 0) is 57.3 Å².